The molecule has 0 fully saturated rings. The molecule has 26 heavy (non-hydrogen) atoms. The van der Waals surface area contributed by atoms with E-state index < -0.39 is 0 Å². The first kappa shape index (κ1) is 16.5. The van der Waals surface area contributed by atoms with Gasteiger partial charge in [-0.3, -0.25) is 9.59 Å². The van der Waals surface area contributed by atoms with E-state index in [0.717, 1.165) is 4.47 Å². The first-order chi connectivity index (χ1) is 12.5. The zero-order valence-electron chi connectivity index (χ0n) is 13.8. The minimum Gasteiger partial charge on any atom is -0.463 e. The molecule has 5 nitrogen and oxygen atoms in total. The van der Waals surface area contributed by atoms with Crippen LogP contribution in [0.1, 0.15) is 12.5 Å². The second kappa shape index (κ2) is 6.38. The Kier molecular flexibility index (Phi) is 4.05. The Bertz CT molecular complexity index is 1150. The summed E-state index contributed by atoms with van der Waals surface area (Å²) >= 11 is 3.36. The van der Waals surface area contributed by atoms with Gasteiger partial charge >= 0.3 is 0 Å². The van der Waals surface area contributed by atoms with Gasteiger partial charge in [-0.25, -0.2) is 0 Å². The summed E-state index contributed by atoms with van der Waals surface area (Å²) in [6.07, 6.45) is 2.91. The zero-order chi connectivity index (χ0) is 18.3. The maximum Gasteiger partial charge on any atom is 0.280 e. The normalized spacial score (nSPS) is 15.8. The average molecular weight is 409 g/mol. The van der Waals surface area contributed by atoms with E-state index >= 15 is 0 Å². The van der Waals surface area contributed by atoms with E-state index in [0.29, 0.717) is 33.5 Å². The molecule has 0 saturated heterocycles. The summed E-state index contributed by atoms with van der Waals surface area (Å²) < 4.78 is 6.32. The molecule has 3 aromatic rings. The van der Waals surface area contributed by atoms with Gasteiger partial charge < -0.3 is 4.42 Å². The Morgan fingerprint density at radius 2 is 1.88 bits per heavy atom. The summed E-state index contributed by atoms with van der Waals surface area (Å²) in [5.41, 5.74) is 2.20. The van der Waals surface area contributed by atoms with Gasteiger partial charge in [-0.05, 0) is 43.3 Å². The molecule has 0 aliphatic carbocycles. The second-order valence-electron chi connectivity index (χ2n) is 5.86. The van der Waals surface area contributed by atoms with Crippen LogP contribution in [0.4, 0.5) is 5.69 Å². The Labute approximate surface area is 157 Å². The number of carbonyl (C=O) groups is 1. The highest BCUT2D eigenvalue weighted by molar-refractivity contribution is 9.10. The molecule has 0 bridgehead atoms. The van der Waals surface area contributed by atoms with Crippen molar-refractivity contribution in [3.05, 3.63) is 80.6 Å². The number of hydrazone groups is 1. The van der Waals surface area contributed by atoms with Crippen molar-refractivity contribution in [1.82, 2.24) is 0 Å². The molecule has 1 amide bonds. The lowest BCUT2D eigenvalue weighted by Crippen LogP contribution is -2.21. The third kappa shape index (κ3) is 2.78. The number of amides is 1. The topological polar surface area (TPSA) is 62.9 Å². The lowest BCUT2D eigenvalue weighted by molar-refractivity contribution is -0.114. The molecule has 6 heteroatoms. The average Bonchev–Trinajstić information content (AvgIpc) is 2.93. The second-order valence-corrected chi connectivity index (χ2v) is 6.77. The zero-order valence-corrected chi connectivity index (χ0v) is 15.4. The van der Waals surface area contributed by atoms with Gasteiger partial charge in [0.25, 0.3) is 5.91 Å². The van der Waals surface area contributed by atoms with E-state index in [-0.39, 0.29) is 11.3 Å². The molecule has 0 atom stereocenters. The van der Waals surface area contributed by atoms with Crippen molar-refractivity contribution >= 4 is 50.3 Å². The number of halogens is 1. The molecule has 1 aliphatic rings. The van der Waals surface area contributed by atoms with Crippen LogP contribution in [-0.4, -0.2) is 11.6 Å². The lowest BCUT2D eigenvalue weighted by atomic mass is 10.1. The highest BCUT2D eigenvalue weighted by Crippen LogP contribution is 2.25. The van der Waals surface area contributed by atoms with Crippen LogP contribution in [0.5, 0.6) is 0 Å². The smallest absolute Gasteiger partial charge is 0.280 e. The molecule has 0 saturated carbocycles. The third-order valence-electron chi connectivity index (χ3n) is 4.12. The molecule has 2 heterocycles. The minimum absolute atomic E-state index is 0.196. The predicted molar refractivity (Wildman–Crippen MR) is 105 cm³/mol. The Hall–Kier alpha value is -2.99. The maximum atomic E-state index is 12.8. The first-order valence-electron chi connectivity index (χ1n) is 7.92. The van der Waals surface area contributed by atoms with Gasteiger partial charge in [0.1, 0.15) is 11.8 Å². The van der Waals surface area contributed by atoms with Gasteiger partial charge in [0.2, 0.25) is 0 Å². The van der Waals surface area contributed by atoms with Crippen LogP contribution in [0.3, 0.4) is 0 Å². The molecule has 0 radical (unpaired) electrons. The number of hydrogen-bond acceptors (Lipinski definition) is 4. The number of para-hydroxylation sites is 1. The highest BCUT2D eigenvalue weighted by Gasteiger charge is 2.28. The Morgan fingerprint density at radius 1 is 1.12 bits per heavy atom. The number of anilines is 1. The van der Waals surface area contributed by atoms with Crippen LogP contribution in [0.2, 0.25) is 0 Å². The number of nitrogens with zero attached hydrogens (tertiary/aromatic N) is 2. The molecule has 0 N–H and O–H groups in total. The van der Waals surface area contributed by atoms with E-state index in [9.17, 15) is 9.59 Å². The molecule has 0 unspecified atom stereocenters. The van der Waals surface area contributed by atoms with Crippen molar-refractivity contribution in [1.29, 1.82) is 0 Å². The lowest BCUT2D eigenvalue weighted by Gasteiger charge is -2.10. The molecular formula is C20H13BrN2O3. The molecule has 128 valence electrons. The largest absolute Gasteiger partial charge is 0.463 e. The summed E-state index contributed by atoms with van der Waals surface area (Å²) in [7, 11) is 0. The highest BCUT2D eigenvalue weighted by atomic mass is 79.9. The molecule has 1 aliphatic heterocycles. The van der Waals surface area contributed by atoms with Crippen molar-refractivity contribution < 1.29 is 9.21 Å². The van der Waals surface area contributed by atoms with E-state index in [2.05, 4.69) is 21.0 Å². The minimum atomic E-state index is -0.276. The number of carbonyl (C=O) groups excluding carboxylic acids is 1. The van der Waals surface area contributed by atoms with E-state index in [1.165, 1.54) is 17.3 Å². The number of fused-ring (bicyclic) bond motifs is 1. The molecular weight excluding hydrogens is 396 g/mol. The molecule has 1 aromatic heterocycles. The van der Waals surface area contributed by atoms with Crippen LogP contribution < -0.4 is 10.4 Å². The van der Waals surface area contributed by atoms with Crippen LogP contribution in [0, 0.1) is 0 Å². The first-order valence-corrected chi connectivity index (χ1v) is 8.72. The Balaban J connectivity index is 1.79. The van der Waals surface area contributed by atoms with E-state index in [1.807, 2.05) is 18.2 Å². The summed E-state index contributed by atoms with van der Waals surface area (Å²) in [5, 5.41) is 6.10. The summed E-state index contributed by atoms with van der Waals surface area (Å²) in [5.74, 6) is -0.276. The molecule has 4 rings (SSSR count). The number of benzene rings is 2. The summed E-state index contributed by atoms with van der Waals surface area (Å²) in [4.78, 5) is 25.5. The fourth-order valence-corrected chi connectivity index (χ4v) is 3.16. The summed E-state index contributed by atoms with van der Waals surface area (Å²) in [6, 6.07) is 14.4. The van der Waals surface area contributed by atoms with Crippen LogP contribution in [-0.2, 0) is 4.79 Å². The van der Waals surface area contributed by atoms with Crippen molar-refractivity contribution in [2.24, 2.45) is 5.10 Å². The summed E-state index contributed by atoms with van der Waals surface area (Å²) in [6.45, 7) is 1.74. The fourth-order valence-electron chi connectivity index (χ4n) is 2.80. The van der Waals surface area contributed by atoms with Gasteiger partial charge in [0.15, 0.2) is 5.43 Å². The molecule has 2 aromatic carbocycles. The third-order valence-corrected chi connectivity index (χ3v) is 4.62. The predicted octanol–water partition coefficient (Wildman–Crippen LogP) is 4.36. The Morgan fingerprint density at radius 3 is 2.65 bits per heavy atom. The standard InChI is InChI=1S/C20H13BrN2O3/c1-12-16(20(25)23(22-12)15-5-3-2-4-6-15)9-13-11-26-18-8-7-14(21)10-17(18)19(13)24/h2-11H,1H3/b16-9+. The molecule has 0 spiro atoms. The van der Waals surface area contributed by atoms with Gasteiger partial charge in [-0.15, -0.1) is 0 Å². The SMILES string of the molecule is CC1=NN(c2ccccc2)C(=O)/C1=C/c1coc2ccc(Br)cc2c1=O. The van der Waals surface area contributed by atoms with Crippen LogP contribution >= 0.6 is 15.9 Å². The number of rotatable bonds is 2. The quantitative estimate of drug-likeness (QED) is 0.591. The van der Waals surface area contributed by atoms with Crippen molar-refractivity contribution in [2.75, 3.05) is 5.01 Å². The van der Waals surface area contributed by atoms with E-state index in [1.54, 1.807) is 37.3 Å². The fraction of sp³-hybridized carbons (Fsp3) is 0.0500. The van der Waals surface area contributed by atoms with Crippen molar-refractivity contribution in [2.45, 2.75) is 6.92 Å². The monoisotopic (exact) mass is 408 g/mol. The maximum absolute atomic E-state index is 12.8. The van der Waals surface area contributed by atoms with Gasteiger partial charge in [-0.1, -0.05) is 34.1 Å². The number of hydrogen-bond donors (Lipinski definition) is 0. The van der Waals surface area contributed by atoms with Gasteiger partial charge in [0.05, 0.1) is 27.9 Å². The van der Waals surface area contributed by atoms with Crippen LogP contribution in [0.15, 0.2) is 79.2 Å². The van der Waals surface area contributed by atoms with Crippen molar-refractivity contribution in [3.8, 4) is 0 Å². The van der Waals surface area contributed by atoms with Crippen LogP contribution in [0.25, 0.3) is 17.0 Å². The van der Waals surface area contributed by atoms with Gasteiger partial charge in [-0.2, -0.15) is 10.1 Å². The van der Waals surface area contributed by atoms with Gasteiger partial charge in [0, 0.05) is 4.47 Å². The van der Waals surface area contributed by atoms with E-state index in [4.69, 9.17) is 4.42 Å². The van der Waals surface area contributed by atoms with Crippen molar-refractivity contribution in [3.63, 3.8) is 0 Å².